The molecule has 0 heterocycles. The van der Waals surface area contributed by atoms with Gasteiger partial charge in [-0.05, 0) is 70.6 Å². The number of ether oxygens (including phenoxy) is 1. The van der Waals surface area contributed by atoms with Crippen LogP contribution >= 0.6 is 27.5 Å². The monoisotopic (exact) mass is 366 g/mol. The number of hydrogen-bond donors (Lipinski definition) is 0. The van der Waals surface area contributed by atoms with Crippen molar-refractivity contribution in [1.82, 2.24) is 0 Å². The SMILES string of the molecule is CCCOc1ccc(C(Cl)c2ccc(C)c(C)c2)cc1Br. The first-order valence-corrected chi connectivity index (χ1v) is 8.39. The topological polar surface area (TPSA) is 9.23 Å². The maximum absolute atomic E-state index is 6.62. The summed E-state index contributed by atoms with van der Waals surface area (Å²) in [4.78, 5) is 0. The Hall–Kier alpha value is -0.990. The number of alkyl halides is 1. The fourth-order valence-corrected chi connectivity index (χ4v) is 2.90. The maximum atomic E-state index is 6.62. The molecule has 2 aromatic carbocycles. The molecule has 112 valence electrons. The third-order valence-electron chi connectivity index (χ3n) is 3.53. The van der Waals surface area contributed by atoms with Crippen molar-refractivity contribution in [2.45, 2.75) is 32.6 Å². The summed E-state index contributed by atoms with van der Waals surface area (Å²) in [6.45, 7) is 7.04. The predicted molar refractivity (Wildman–Crippen MR) is 93.5 cm³/mol. The van der Waals surface area contributed by atoms with Crippen molar-refractivity contribution in [2.75, 3.05) is 6.61 Å². The van der Waals surface area contributed by atoms with Crippen LogP contribution in [0.3, 0.4) is 0 Å². The first kappa shape index (κ1) is 16.4. The molecule has 0 fully saturated rings. The summed E-state index contributed by atoms with van der Waals surface area (Å²) in [5, 5.41) is -0.152. The van der Waals surface area contributed by atoms with Gasteiger partial charge in [-0.3, -0.25) is 0 Å². The summed E-state index contributed by atoms with van der Waals surface area (Å²) in [6, 6.07) is 12.4. The molecule has 2 rings (SSSR count). The number of aryl methyl sites for hydroxylation is 2. The lowest BCUT2D eigenvalue weighted by Gasteiger charge is -2.14. The largest absolute Gasteiger partial charge is 0.492 e. The highest BCUT2D eigenvalue weighted by Gasteiger charge is 2.13. The van der Waals surface area contributed by atoms with E-state index < -0.39 is 0 Å². The van der Waals surface area contributed by atoms with E-state index in [1.54, 1.807) is 0 Å². The Bertz CT molecular complexity index is 625. The lowest BCUT2D eigenvalue weighted by molar-refractivity contribution is 0.315. The zero-order valence-electron chi connectivity index (χ0n) is 12.6. The molecule has 21 heavy (non-hydrogen) atoms. The molecule has 0 radical (unpaired) electrons. The van der Waals surface area contributed by atoms with Crippen molar-refractivity contribution in [1.29, 1.82) is 0 Å². The van der Waals surface area contributed by atoms with Gasteiger partial charge in [0.1, 0.15) is 5.75 Å². The summed E-state index contributed by atoms with van der Waals surface area (Å²) >= 11 is 10.2. The van der Waals surface area contributed by atoms with Crippen LogP contribution in [0.5, 0.6) is 5.75 Å². The Morgan fingerprint density at radius 1 is 1.05 bits per heavy atom. The van der Waals surface area contributed by atoms with Gasteiger partial charge in [0.25, 0.3) is 0 Å². The second-order valence-electron chi connectivity index (χ2n) is 5.24. The summed E-state index contributed by atoms with van der Waals surface area (Å²) in [5.41, 5.74) is 4.73. The highest BCUT2D eigenvalue weighted by atomic mass is 79.9. The molecule has 0 saturated carbocycles. The molecule has 1 nitrogen and oxygen atoms in total. The number of benzene rings is 2. The van der Waals surface area contributed by atoms with Crippen LogP contribution in [-0.4, -0.2) is 6.61 Å². The highest BCUT2D eigenvalue weighted by molar-refractivity contribution is 9.10. The van der Waals surface area contributed by atoms with Crippen molar-refractivity contribution < 1.29 is 4.74 Å². The molecular formula is C18H20BrClO. The molecule has 0 saturated heterocycles. The zero-order valence-corrected chi connectivity index (χ0v) is 15.0. The van der Waals surface area contributed by atoms with Crippen molar-refractivity contribution in [3.8, 4) is 5.75 Å². The molecular weight excluding hydrogens is 348 g/mol. The summed E-state index contributed by atoms with van der Waals surface area (Å²) in [5.74, 6) is 0.865. The van der Waals surface area contributed by atoms with E-state index in [1.165, 1.54) is 11.1 Å². The van der Waals surface area contributed by atoms with Gasteiger partial charge in [0.2, 0.25) is 0 Å². The average Bonchev–Trinajstić information content (AvgIpc) is 2.48. The van der Waals surface area contributed by atoms with Crippen LogP contribution in [0.25, 0.3) is 0 Å². The van der Waals surface area contributed by atoms with E-state index in [2.05, 4.69) is 54.9 Å². The fraction of sp³-hybridized carbons (Fsp3) is 0.333. The van der Waals surface area contributed by atoms with Gasteiger partial charge in [0.05, 0.1) is 16.5 Å². The lowest BCUT2D eigenvalue weighted by Crippen LogP contribution is -1.98. The van der Waals surface area contributed by atoms with E-state index in [0.29, 0.717) is 0 Å². The van der Waals surface area contributed by atoms with Crippen molar-refractivity contribution in [3.63, 3.8) is 0 Å². The molecule has 0 aliphatic heterocycles. The molecule has 1 atom stereocenters. The second-order valence-corrected chi connectivity index (χ2v) is 6.54. The minimum Gasteiger partial charge on any atom is -0.492 e. The summed E-state index contributed by atoms with van der Waals surface area (Å²) in [6.07, 6.45) is 0.995. The van der Waals surface area contributed by atoms with E-state index >= 15 is 0 Å². The Kier molecular flexibility index (Phi) is 5.72. The maximum Gasteiger partial charge on any atom is 0.133 e. The van der Waals surface area contributed by atoms with Gasteiger partial charge in [-0.1, -0.05) is 31.2 Å². The standard InChI is InChI=1S/C18H20BrClO/c1-4-9-21-17-8-7-15(11-16(17)19)18(20)14-6-5-12(2)13(3)10-14/h5-8,10-11,18H,4,9H2,1-3H3. The molecule has 0 N–H and O–H groups in total. The van der Waals surface area contributed by atoms with Gasteiger partial charge < -0.3 is 4.74 Å². The molecule has 0 spiro atoms. The minimum absolute atomic E-state index is 0.152. The average molecular weight is 368 g/mol. The first-order chi connectivity index (χ1) is 10.0. The van der Waals surface area contributed by atoms with E-state index in [1.807, 2.05) is 18.2 Å². The van der Waals surface area contributed by atoms with Crippen LogP contribution in [0.2, 0.25) is 0 Å². The molecule has 0 aliphatic rings. The Morgan fingerprint density at radius 2 is 1.71 bits per heavy atom. The zero-order chi connectivity index (χ0) is 15.4. The van der Waals surface area contributed by atoms with Gasteiger partial charge in [0.15, 0.2) is 0 Å². The predicted octanol–water partition coefficient (Wildman–Crippen LogP) is 6.18. The molecule has 1 unspecified atom stereocenters. The minimum atomic E-state index is -0.152. The van der Waals surface area contributed by atoms with Crippen LogP contribution in [0.15, 0.2) is 40.9 Å². The molecule has 0 bridgehead atoms. The van der Waals surface area contributed by atoms with Crippen LogP contribution < -0.4 is 4.74 Å². The second kappa shape index (κ2) is 7.33. The van der Waals surface area contributed by atoms with E-state index in [-0.39, 0.29) is 5.38 Å². The molecule has 2 aromatic rings. The summed E-state index contributed by atoms with van der Waals surface area (Å²) < 4.78 is 6.62. The normalized spacial score (nSPS) is 12.2. The van der Waals surface area contributed by atoms with Crippen molar-refractivity contribution >= 4 is 27.5 Å². The number of hydrogen-bond acceptors (Lipinski definition) is 1. The van der Waals surface area contributed by atoms with Crippen LogP contribution in [0.4, 0.5) is 0 Å². The Labute approximate surface area is 140 Å². The van der Waals surface area contributed by atoms with Gasteiger partial charge >= 0.3 is 0 Å². The Morgan fingerprint density at radius 3 is 2.33 bits per heavy atom. The summed E-state index contributed by atoms with van der Waals surface area (Å²) in [7, 11) is 0. The first-order valence-electron chi connectivity index (χ1n) is 7.16. The van der Waals surface area contributed by atoms with Gasteiger partial charge in [-0.15, -0.1) is 11.6 Å². The molecule has 0 aromatic heterocycles. The Balaban J connectivity index is 2.24. The molecule has 3 heteroatoms. The highest BCUT2D eigenvalue weighted by Crippen LogP contribution is 2.34. The lowest BCUT2D eigenvalue weighted by atomic mass is 10.00. The van der Waals surface area contributed by atoms with E-state index in [4.69, 9.17) is 16.3 Å². The van der Waals surface area contributed by atoms with E-state index in [9.17, 15) is 0 Å². The van der Waals surface area contributed by atoms with Crippen LogP contribution in [0, 0.1) is 13.8 Å². The quantitative estimate of drug-likeness (QED) is 0.573. The van der Waals surface area contributed by atoms with E-state index in [0.717, 1.165) is 34.4 Å². The molecule has 0 amide bonds. The molecule has 0 aliphatic carbocycles. The van der Waals surface area contributed by atoms with Gasteiger partial charge in [-0.25, -0.2) is 0 Å². The van der Waals surface area contributed by atoms with Crippen molar-refractivity contribution in [2.24, 2.45) is 0 Å². The van der Waals surface area contributed by atoms with Crippen molar-refractivity contribution in [3.05, 3.63) is 63.1 Å². The van der Waals surface area contributed by atoms with Gasteiger partial charge in [-0.2, -0.15) is 0 Å². The third-order valence-corrected chi connectivity index (χ3v) is 4.66. The fourth-order valence-electron chi connectivity index (χ4n) is 2.12. The van der Waals surface area contributed by atoms with Gasteiger partial charge in [0, 0.05) is 0 Å². The van der Waals surface area contributed by atoms with Crippen LogP contribution in [0.1, 0.15) is 41.0 Å². The third kappa shape index (κ3) is 4.02. The smallest absolute Gasteiger partial charge is 0.133 e. The number of halogens is 2. The van der Waals surface area contributed by atoms with Crippen LogP contribution in [-0.2, 0) is 0 Å². The number of rotatable bonds is 5.